The number of nitrogens with two attached hydrogens (primary N) is 2. The van der Waals surface area contributed by atoms with Gasteiger partial charge in [0.2, 0.25) is 0 Å². The number of allylic oxidation sites excluding steroid dienone is 1. The van der Waals surface area contributed by atoms with Crippen molar-refractivity contribution in [2.75, 3.05) is 6.54 Å². The van der Waals surface area contributed by atoms with E-state index in [9.17, 15) is 4.79 Å². The van der Waals surface area contributed by atoms with E-state index < -0.39 is 0 Å². The van der Waals surface area contributed by atoms with Crippen molar-refractivity contribution in [1.29, 1.82) is 0 Å². The van der Waals surface area contributed by atoms with Crippen LogP contribution in [0.5, 0.6) is 0 Å². The van der Waals surface area contributed by atoms with Gasteiger partial charge in [-0.15, -0.1) is 0 Å². The first-order valence-electron chi connectivity index (χ1n) is 7.49. The van der Waals surface area contributed by atoms with Crippen LogP contribution in [0, 0.1) is 0 Å². The van der Waals surface area contributed by atoms with Gasteiger partial charge in [0, 0.05) is 23.1 Å². The molecule has 4 heteroatoms. The third-order valence-electron chi connectivity index (χ3n) is 3.95. The topological polar surface area (TPSA) is 81.5 Å². The molecule has 0 aliphatic heterocycles. The van der Waals surface area contributed by atoms with Crippen molar-refractivity contribution in [3.8, 4) is 0 Å². The van der Waals surface area contributed by atoms with E-state index in [0.717, 1.165) is 46.7 Å². The number of benzene rings is 2. The third-order valence-corrected chi connectivity index (χ3v) is 3.95. The highest BCUT2D eigenvalue weighted by atomic mass is 16.1. The maximum absolute atomic E-state index is 12.6. The first-order valence-corrected chi connectivity index (χ1v) is 7.49. The molecule has 0 amide bonds. The molecule has 0 atom stereocenters. The highest BCUT2D eigenvalue weighted by Gasteiger charge is 2.20. The second-order valence-electron chi connectivity index (χ2n) is 5.51. The maximum Gasteiger partial charge on any atom is 0.189 e. The number of unbranched alkanes of at least 4 members (excludes halogenated alkanes) is 1. The molecule has 2 aromatic rings. The van der Waals surface area contributed by atoms with Gasteiger partial charge in [0.15, 0.2) is 11.7 Å². The van der Waals surface area contributed by atoms with E-state index in [2.05, 4.69) is 11.1 Å². The van der Waals surface area contributed by atoms with Gasteiger partial charge in [0.25, 0.3) is 0 Å². The molecule has 4 nitrogen and oxygen atoms in total. The van der Waals surface area contributed by atoms with E-state index in [4.69, 9.17) is 11.5 Å². The van der Waals surface area contributed by atoms with Crippen molar-refractivity contribution in [2.45, 2.75) is 19.3 Å². The number of ketones is 1. The van der Waals surface area contributed by atoms with E-state index in [1.54, 1.807) is 0 Å². The highest BCUT2D eigenvalue weighted by molar-refractivity contribution is 6.22. The Hall–Kier alpha value is -2.62. The maximum atomic E-state index is 12.6. The zero-order valence-electron chi connectivity index (χ0n) is 12.4. The fourth-order valence-electron chi connectivity index (χ4n) is 2.93. The van der Waals surface area contributed by atoms with Crippen molar-refractivity contribution in [1.82, 2.24) is 0 Å². The monoisotopic (exact) mass is 293 g/mol. The van der Waals surface area contributed by atoms with Crippen LogP contribution in [-0.4, -0.2) is 18.3 Å². The fourth-order valence-corrected chi connectivity index (χ4v) is 2.93. The van der Waals surface area contributed by atoms with Gasteiger partial charge in [-0.05, 0) is 36.3 Å². The van der Waals surface area contributed by atoms with Crippen LogP contribution < -0.4 is 11.5 Å². The molecular formula is C18H19N3O. The number of rotatable bonds is 5. The fraction of sp³-hybridized carbons (Fsp3) is 0.222. The molecule has 22 heavy (non-hydrogen) atoms. The van der Waals surface area contributed by atoms with Crippen molar-refractivity contribution >= 4 is 28.6 Å². The summed E-state index contributed by atoms with van der Waals surface area (Å²) in [5.41, 5.74) is 13.4. The lowest BCUT2D eigenvalue weighted by Crippen LogP contribution is -2.22. The average Bonchev–Trinajstić information content (AvgIpc) is 2.51. The zero-order chi connectivity index (χ0) is 15.5. The van der Waals surface area contributed by atoms with Gasteiger partial charge < -0.3 is 11.5 Å². The minimum absolute atomic E-state index is 0.119. The summed E-state index contributed by atoms with van der Waals surface area (Å²) in [6.45, 7) is 0.607. The molecule has 0 bridgehead atoms. The van der Waals surface area contributed by atoms with Crippen LogP contribution in [0.2, 0.25) is 0 Å². The molecule has 0 radical (unpaired) electrons. The Morgan fingerprint density at radius 2 is 1.82 bits per heavy atom. The Morgan fingerprint density at radius 3 is 2.59 bits per heavy atom. The molecule has 1 aliphatic carbocycles. The summed E-state index contributed by atoms with van der Waals surface area (Å²) in [6, 6.07) is 12.1. The van der Waals surface area contributed by atoms with Crippen LogP contribution in [-0.2, 0) is 0 Å². The Kier molecular flexibility index (Phi) is 3.92. The highest BCUT2D eigenvalue weighted by Crippen LogP contribution is 2.32. The zero-order valence-corrected chi connectivity index (χ0v) is 12.4. The number of carbonyl (C=O) groups is 1. The van der Waals surface area contributed by atoms with E-state index in [-0.39, 0.29) is 11.7 Å². The summed E-state index contributed by atoms with van der Waals surface area (Å²) >= 11 is 0. The third kappa shape index (κ3) is 2.72. The predicted molar refractivity (Wildman–Crippen MR) is 90.8 cm³/mol. The summed E-state index contributed by atoms with van der Waals surface area (Å²) in [5.74, 6) is 0.264. The van der Waals surface area contributed by atoms with Crippen LogP contribution in [0.4, 0.5) is 0 Å². The SMILES string of the molecule is NC(N)=NCCCCC1=Cc2cccc3cccc(c23)C1=O. The molecule has 3 rings (SSSR count). The lowest BCUT2D eigenvalue weighted by Gasteiger charge is -2.16. The number of hydrogen-bond acceptors (Lipinski definition) is 2. The van der Waals surface area contributed by atoms with E-state index in [1.165, 1.54) is 0 Å². The molecule has 0 saturated heterocycles. The minimum atomic E-state index is 0.119. The van der Waals surface area contributed by atoms with Crippen molar-refractivity contribution in [2.24, 2.45) is 16.5 Å². The summed E-state index contributed by atoms with van der Waals surface area (Å²) in [7, 11) is 0. The molecular weight excluding hydrogens is 274 g/mol. The number of carbonyl (C=O) groups excluding carboxylic acids is 1. The van der Waals surface area contributed by atoms with Crippen LogP contribution in [0.15, 0.2) is 47.0 Å². The summed E-state index contributed by atoms with van der Waals surface area (Å²) in [5, 5.41) is 2.19. The summed E-state index contributed by atoms with van der Waals surface area (Å²) < 4.78 is 0. The smallest absolute Gasteiger partial charge is 0.189 e. The van der Waals surface area contributed by atoms with Crippen molar-refractivity contribution < 1.29 is 4.79 Å². The van der Waals surface area contributed by atoms with E-state index >= 15 is 0 Å². The second-order valence-corrected chi connectivity index (χ2v) is 5.51. The largest absolute Gasteiger partial charge is 0.370 e. The first-order chi connectivity index (χ1) is 10.7. The molecule has 2 aromatic carbocycles. The lowest BCUT2D eigenvalue weighted by atomic mass is 9.86. The van der Waals surface area contributed by atoms with Gasteiger partial charge in [0.05, 0.1) is 0 Å². The number of nitrogens with zero attached hydrogens (tertiary/aromatic N) is 1. The second kappa shape index (κ2) is 6.02. The van der Waals surface area contributed by atoms with Crippen molar-refractivity contribution in [3.05, 3.63) is 53.1 Å². The first kappa shape index (κ1) is 14.3. The van der Waals surface area contributed by atoms with Gasteiger partial charge in [0.1, 0.15) is 0 Å². The van der Waals surface area contributed by atoms with Crippen LogP contribution >= 0.6 is 0 Å². The number of guanidine groups is 1. The number of Topliss-reactive ketones (excluding diaryl/α,β-unsaturated/α-hetero) is 1. The Labute approximate surface area is 129 Å². The molecule has 0 fully saturated rings. The lowest BCUT2D eigenvalue weighted by molar-refractivity contribution is 0.103. The molecule has 0 aromatic heterocycles. The van der Waals surface area contributed by atoms with Gasteiger partial charge in [-0.1, -0.05) is 36.4 Å². The average molecular weight is 293 g/mol. The molecule has 1 aliphatic rings. The molecule has 0 saturated carbocycles. The van der Waals surface area contributed by atoms with E-state index in [1.807, 2.05) is 36.4 Å². The Balaban J connectivity index is 1.80. The van der Waals surface area contributed by atoms with Crippen LogP contribution in [0.3, 0.4) is 0 Å². The molecule has 0 spiro atoms. The molecule has 112 valence electrons. The van der Waals surface area contributed by atoms with Gasteiger partial charge >= 0.3 is 0 Å². The van der Waals surface area contributed by atoms with Gasteiger partial charge in [-0.2, -0.15) is 0 Å². The normalized spacial score (nSPS) is 13.1. The molecule has 0 heterocycles. The van der Waals surface area contributed by atoms with E-state index in [0.29, 0.717) is 6.54 Å². The minimum Gasteiger partial charge on any atom is -0.370 e. The molecule has 0 unspecified atom stereocenters. The van der Waals surface area contributed by atoms with Gasteiger partial charge in [-0.25, -0.2) is 0 Å². The molecule has 4 N–H and O–H groups in total. The van der Waals surface area contributed by atoms with Crippen molar-refractivity contribution in [3.63, 3.8) is 0 Å². The Morgan fingerprint density at radius 1 is 1.05 bits per heavy atom. The summed E-state index contributed by atoms with van der Waals surface area (Å²) in [4.78, 5) is 16.6. The predicted octanol–water partition coefficient (Wildman–Crippen LogP) is 2.86. The Bertz CT molecular complexity index is 781. The standard InChI is InChI=1S/C18H19N3O/c19-18(20)21-10-2-1-5-14-11-13-8-3-6-12-7-4-9-15(16(12)13)17(14)22/h3-4,6-9,11H,1-2,5,10H2,(H4,19,20,21). The van der Waals surface area contributed by atoms with Crippen LogP contribution in [0.25, 0.3) is 16.8 Å². The number of aliphatic imine (C=N–C) groups is 1. The quantitative estimate of drug-likeness (QED) is 0.505. The number of hydrogen-bond donors (Lipinski definition) is 2. The van der Waals surface area contributed by atoms with Gasteiger partial charge in [-0.3, -0.25) is 9.79 Å². The van der Waals surface area contributed by atoms with Crippen LogP contribution in [0.1, 0.15) is 35.2 Å². The summed E-state index contributed by atoms with van der Waals surface area (Å²) in [6.07, 6.45) is 4.54.